The Bertz CT molecular complexity index is 975. The Balaban J connectivity index is 1.46. The molecule has 0 spiro atoms. The predicted molar refractivity (Wildman–Crippen MR) is 115 cm³/mol. The van der Waals surface area contributed by atoms with Crippen molar-refractivity contribution in [1.82, 2.24) is 20.2 Å². The summed E-state index contributed by atoms with van der Waals surface area (Å²) in [6.07, 6.45) is 4.60. The van der Waals surface area contributed by atoms with Crippen LogP contribution in [0, 0.1) is 6.92 Å². The Labute approximate surface area is 169 Å². The fourth-order valence-electron chi connectivity index (χ4n) is 2.76. The number of benzene rings is 1. The Morgan fingerprint density at radius 2 is 1.93 bits per heavy atom. The maximum Gasteiger partial charge on any atom is 0.250 e. The molecule has 0 unspecified atom stereocenters. The molecule has 2 heterocycles. The fourth-order valence-corrected chi connectivity index (χ4v) is 3.55. The molecule has 2 aromatic heterocycles. The number of aromatic nitrogens is 2. The number of rotatable bonds is 7. The highest BCUT2D eigenvalue weighted by Crippen LogP contribution is 2.11. The summed E-state index contributed by atoms with van der Waals surface area (Å²) in [5.41, 5.74) is 2.26. The van der Waals surface area contributed by atoms with E-state index in [4.69, 9.17) is 0 Å². The molecule has 2 N–H and O–H groups in total. The second-order valence-electron chi connectivity index (χ2n) is 6.45. The van der Waals surface area contributed by atoms with E-state index in [1.54, 1.807) is 41.3 Å². The molecular weight excluding hydrogens is 370 g/mol. The van der Waals surface area contributed by atoms with E-state index in [1.165, 1.54) is 4.88 Å². The Hall–Kier alpha value is -2.93. The van der Waals surface area contributed by atoms with E-state index in [1.807, 2.05) is 12.3 Å². The Morgan fingerprint density at radius 1 is 1.14 bits per heavy atom. The van der Waals surface area contributed by atoms with E-state index in [0.29, 0.717) is 13.1 Å². The van der Waals surface area contributed by atoms with Crippen molar-refractivity contribution >= 4 is 17.3 Å². The maximum atomic E-state index is 11.8. The van der Waals surface area contributed by atoms with Crippen LogP contribution < -0.4 is 16.2 Å². The van der Waals surface area contributed by atoms with Gasteiger partial charge in [0.25, 0.3) is 5.56 Å². The minimum absolute atomic E-state index is 0.0102. The summed E-state index contributed by atoms with van der Waals surface area (Å²) in [6.45, 7) is 4.12. The van der Waals surface area contributed by atoms with E-state index >= 15 is 0 Å². The molecular formula is C21H25N5OS. The van der Waals surface area contributed by atoms with Gasteiger partial charge >= 0.3 is 0 Å². The van der Waals surface area contributed by atoms with Crippen LogP contribution in [0.15, 0.2) is 64.6 Å². The molecule has 0 aliphatic rings. The molecule has 0 aliphatic carbocycles. The van der Waals surface area contributed by atoms with Gasteiger partial charge in [-0.1, -0.05) is 30.3 Å². The lowest BCUT2D eigenvalue weighted by Crippen LogP contribution is -2.37. The largest absolute Gasteiger partial charge is 0.356 e. The monoisotopic (exact) mass is 395 g/mol. The lowest BCUT2D eigenvalue weighted by Gasteiger charge is -2.12. The highest BCUT2D eigenvalue weighted by molar-refractivity contribution is 7.11. The van der Waals surface area contributed by atoms with Crippen LogP contribution in [-0.4, -0.2) is 29.1 Å². The van der Waals surface area contributed by atoms with Crippen LogP contribution in [0.4, 0.5) is 0 Å². The number of hydrogen-bond donors (Lipinski definition) is 2. The number of nitrogens with zero attached hydrogens (tertiary/aromatic N) is 3. The molecule has 3 rings (SSSR count). The van der Waals surface area contributed by atoms with Crippen molar-refractivity contribution in [2.24, 2.45) is 4.99 Å². The molecule has 6 nitrogen and oxygen atoms in total. The summed E-state index contributed by atoms with van der Waals surface area (Å²) in [4.78, 5) is 21.7. The molecule has 28 heavy (non-hydrogen) atoms. The van der Waals surface area contributed by atoms with E-state index in [-0.39, 0.29) is 5.56 Å². The Kier molecular flexibility index (Phi) is 6.97. The van der Waals surface area contributed by atoms with Crippen LogP contribution in [0.5, 0.6) is 0 Å². The SMILES string of the molecule is CN=C(NCCc1ncc(C)s1)NCc1ccc(Cn2ccccc2=O)cc1. The van der Waals surface area contributed by atoms with Gasteiger partial charge in [-0.05, 0) is 24.1 Å². The standard InChI is InChI=1S/C21H25N5OS/c1-16-13-24-19(28-16)10-11-23-21(22-2)25-14-17-6-8-18(9-7-17)15-26-12-4-3-5-20(26)27/h3-9,12-13H,10-11,14-15H2,1-2H3,(H2,22,23,25). The number of thiazole rings is 1. The third-order valence-electron chi connectivity index (χ3n) is 4.26. The molecule has 7 heteroatoms. The molecule has 3 aromatic rings. The van der Waals surface area contributed by atoms with E-state index in [9.17, 15) is 4.79 Å². The van der Waals surface area contributed by atoms with Crippen LogP contribution in [0.25, 0.3) is 0 Å². The zero-order valence-electron chi connectivity index (χ0n) is 16.2. The van der Waals surface area contributed by atoms with Gasteiger partial charge in [0.2, 0.25) is 0 Å². The summed E-state index contributed by atoms with van der Waals surface area (Å²) < 4.78 is 1.70. The molecule has 146 valence electrons. The van der Waals surface area contributed by atoms with Crippen molar-refractivity contribution in [2.75, 3.05) is 13.6 Å². The lowest BCUT2D eigenvalue weighted by molar-refractivity contribution is 0.757. The molecule has 0 saturated heterocycles. The van der Waals surface area contributed by atoms with Crippen LogP contribution in [0.2, 0.25) is 0 Å². The van der Waals surface area contributed by atoms with E-state index in [2.05, 4.69) is 51.8 Å². The molecule has 0 fully saturated rings. The lowest BCUT2D eigenvalue weighted by atomic mass is 10.1. The van der Waals surface area contributed by atoms with Crippen LogP contribution in [0.1, 0.15) is 21.0 Å². The third kappa shape index (κ3) is 5.79. The number of hydrogen-bond acceptors (Lipinski definition) is 4. The van der Waals surface area contributed by atoms with E-state index < -0.39 is 0 Å². The topological polar surface area (TPSA) is 71.3 Å². The van der Waals surface area contributed by atoms with E-state index in [0.717, 1.165) is 35.1 Å². The number of pyridine rings is 1. The quantitative estimate of drug-likeness (QED) is 0.476. The number of guanidine groups is 1. The van der Waals surface area contributed by atoms with Gasteiger partial charge in [-0.25, -0.2) is 4.98 Å². The average molecular weight is 396 g/mol. The minimum Gasteiger partial charge on any atom is -0.356 e. The maximum absolute atomic E-state index is 11.8. The van der Waals surface area contributed by atoms with Gasteiger partial charge in [-0.15, -0.1) is 11.3 Å². The second kappa shape index (κ2) is 9.85. The van der Waals surface area contributed by atoms with Crippen LogP contribution in [0.3, 0.4) is 0 Å². The van der Waals surface area contributed by atoms with Crippen molar-refractivity contribution in [3.05, 3.63) is 86.2 Å². The van der Waals surface area contributed by atoms with Gasteiger partial charge in [0, 0.05) is 49.9 Å². The van der Waals surface area contributed by atoms with Crippen molar-refractivity contribution in [3.63, 3.8) is 0 Å². The second-order valence-corrected chi connectivity index (χ2v) is 7.77. The summed E-state index contributed by atoms with van der Waals surface area (Å²) in [6, 6.07) is 13.5. The highest BCUT2D eigenvalue weighted by Gasteiger charge is 2.02. The summed E-state index contributed by atoms with van der Waals surface area (Å²) in [5.74, 6) is 0.771. The first kappa shape index (κ1) is 19.8. The van der Waals surface area contributed by atoms with Crippen molar-refractivity contribution in [2.45, 2.75) is 26.4 Å². The normalized spacial score (nSPS) is 11.4. The van der Waals surface area contributed by atoms with Gasteiger partial charge in [-0.3, -0.25) is 9.79 Å². The first-order valence-electron chi connectivity index (χ1n) is 9.23. The molecule has 0 saturated carbocycles. The van der Waals surface area contributed by atoms with Gasteiger partial charge < -0.3 is 15.2 Å². The third-order valence-corrected chi connectivity index (χ3v) is 5.23. The molecule has 0 amide bonds. The van der Waals surface area contributed by atoms with Gasteiger partial charge in [0.05, 0.1) is 11.6 Å². The smallest absolute Gasteiger partial charge is 0.250 e. The first-order chi connectivity index (χ1) is 13.6. The van der Waals surface area contributed by atoms with Gasteiger partial charge in [-0.2, -0.15) is 0 Å². The van der Waals surface area contributed by atoms with Crippen LogP contribution in [-0.2, 0) is 19.5 Å². The zero-order chi connectivity index (χ0) is 19.8. The number of nitrogens with one attached hydrogen (secondary N) is 2. The molecule has 0 aliphatic heterocycles. The minimum atomic E-state index is 0.0102. The van der Waals surface area contributed by atoms with Crippen molar-refractivity contribution in [1.29, 1.82) is 0 Å². The van der Waals surface area contributed by atoms with Gasteiger partial charge in [0.1, 0.15) is 0 Å². The average Bonchev–Trinajstić information content (AvgIpc) is 3.12. The van der Waals surface area contributed by atoms with Gasteiger partial charge in [0.15, 0.2) is 5.96 Å². The fraction of sp³-hybridized carbons (Fsp3) is 0.286. The summed E-state index contributed by atoms with van der Waals surface area (Å²) in [5, 5.41) is 7.77. The molecule has 0 radical (unpaired) electrons. The predicted octanol–water partition coefficient (Wildman–Crippen LogP) is 2.57. The summed E-state index contributed by atoms with van der Waals surface area (Å²) in [7, 11) is 1.77. The molecule has 0 bridgehead atoms. The first-order valence-corrected chi connectivity index (χ1v) is 10.0. The highest BCUT2D eigenvalue weighted by atomic mass is 32.1. The summed E-state index contributed by atoms with van der Waals surface area (Å²) >= 11 is 1.73. The molecule has 1 aromatic carbocycles. The zero-order valence-corrected chi connectivity index (χ0v) is 17.0. The number of aryl methyl sites for hydroxylation is 1. The van der Waals surface area contributed by atoms with Crippen molar-refractivity contribution in [3.8, 4) is 0 Å². The molecule has 0 atom stereocenters. The van der Waals surface area contributed by atoms with Crippen LogP contribution >= 0.6 is 11.3 Å². The Morgan fingerprint density at radius 3 is 2.61 bits per heavy atom. The van der Waals surface area contributed by atoms with Crippen molar-refractivity contribution < 1.29 is 0 Å². The number of aliphatic imine (C=N–C) groups is 1.